The van der Waals surface area contributed by atoms with Gasteiger partial charge in [-0.2, -0.15) is 0 Å². The summed E-state index contributed by atoms with van der Waals surface area (Å²) in [6, 6.07) is 14.0. The van der Waals surface area contributed by atoms with Crippen molar-refractivity contribution in [3.63, 3.8) is 0 Å². The van der Waals surface area contributed by atoms with Crippen molar-refractivity contribution in [3.8, 4) is 0 Å². The van der Waals surface area contributed by atoms with Crippen molar-refractivity contribution in [1.29, 1.82) is 0 Å². The first kappa shape index (κ1) is 12.3. The number of ketones is 1. The normalized spacial score (nSPS) is 19.5. The van der Waals surface area contributed by atoms with Crippen LogP contribution >= 0.6 is 0 Å². The number of Topliss-reactive ketones (excluding diaryl/α,β-unsaturated/α-hetero) is 1. The summed E-state index contributed by atoms with van der Waals surface area (Å²) in [5, 5.41) is 5.51. The number of morpholine rings is 1. The summed E-state index contributed by atoms with van der Waals surface area (Å²) >= 11 is 0. The average molecular weight is 255 g/mol. The van der Waals surface area contributed by atoms with Crippen LogP contribution in [0.5, 0.6) is 0 Å². The van der Waals surface area contributed by atoms with Crippen LogP contribution in [0.3, 0.4) is 0 Å². The molecule has 3 rings (SSSR count). The smallest absolute Gasteiger partial charge is 0.165 e. The Kier molecular flexibility index (Phi) is 3.58. The van der Waals surface area contributed by atoms with Gasteiger partial charge in [0.1, 0.15) is 0 Å². The number of hydrogen-bond acceptors (Lipinski definition) is 3. The van der Waals surface area contributed by atoms with Crippen LogP contribution in [0, 0.1) is 0 Å². The highest BCUT2D eigenvalue weighted by molar-refractivity contribution is 6.00. The molecule has 0 aliphatic carbocycles. The number of rotatable bonds is 3. The van der Waals surface area contributed by atoms with Gasteiger partial charge in [-0.15, -0.1) is 0 Å². The first-order chi connectivity index (χ1) is 9.33. The number of fused-ring (bicyclic) bond motifs is 1. The first-order valence-corrected chi connectivity index (χ1v) is 6.67. The van der Waals surface area contributed by atoms with E-state index in [1.807, 2.05) is 36.4 Å². The number of hydrogen-bond donors (Lipinski definition) is 1. The lowest BCUT2D eigenvalue weighted by Gasteiger charge is -2.22. The molecule has 3 nitrogen and oxygen atoms in total. The summed E-state index contributed by atoms with van der Waals surface area (Å²) in [5.41, 5.74) is 0.771. The van der Waals surface area contributed by atoms with Gasteiger partial charge >= 0.3 is 0 Å². The molecule has 1 heterocycles. The number of nitrogens with one attached hydrogen (secondary N) is 1. The van der Waals surface area contributed by atoms with E-state index < -0.39 is 0 Å². The van der Waals surface area contributed by atoms with E-state index >= 15 is 0 Å². The molecule has 0 radical (unpaired) electrons. The topological polar surface area (TPSA) is 38.3 Å². The van der Waals surface area contributed by atoms with Crippen LogP contribution in [0.2, 0.25) is 0 Å². The maximum atomic E-state index is 12.2. The van der Waals surface area contributed by atoms with Crippen LogP contribution in [-0.2, 0) is 4.74 Å². The quantitative estimate of drug-likeness (QED) is 0.856. The summed E-state index contributed by atoms with van der Waals surface area (Å²) in [7, 11) is 0. The molecule has 0 amide bonds. The van der Waals surface area contributed by atoms with Crippen molar-refractivity contribution in [2.24, 2.45) is 0 Å². The van der Waals surface area contributed by atoms with Gasteiger partial charge in [0, 0.05) is 25.1 Å². The van der Waals surface area contributed by atoms with Gasteiger partial charge in [-0.1, -0.05) is 36.4 Å². The zero-order valence-corrected chi connectivity index (χ0v) is 10.8. The van der Waals surface area contributed by atoms with E-state index in [0.717, 1.165) is 29.4 Å². The van der Waals surface area contributed by atoms with Crippen LogP contribution in [0.25, 0.3) is 10.8 Å². The second kappa shape index (κ2) is 5.51. The predicted octanol–water partition coefficient (Wildman–Crippen LogP) is 2.40. The molecule has 98 valence electrons. The number of carbonyl (C=O) groups excluding carboxylic acids is 1. The molecular weight excluding hydrogens is 238 g/mol. The Labute approximate surface area is 112 Å². The molecule has 19 heavy (non-hydrogen) atoms. The Balaban J connectivity index is 1.77. The lowest BCUT2D eigenvalue weighted by atomic mass is 10.0. The van der Waals surface area contributed by atoms with E-state index in [9.17, 15) is 4.79 Å². The number of ether oxygens (including phenoxy) is 1. The highest BCUT2D eigenvalue weighted by atomic mass is 16.5. The maximum Gasteiger partial charge on any atom is 0.165 e. The van der Waals surface area contributed by atoms with Crippen molar-refractivity contribution >= 4 is 16.6 Å². The molecule has 1 fully saturated rings. The van der Waals surface area contributed by atoms with Gasteiger partial charge in [0.15, 0.2) is 5.78 Å². The van der Waals surface area contributed by atoms with Gasteiger partial charge < -0.3 is 10.1 Å². The lowest BCUT2D eigenvalue weighted by molar-refractivity contribution is 0.0240. The third-order valence-corrected chi connectivity index (χ3v) is 3.49. The van der Waals surface area contributed by atoms with Crippen molar-refractivity contribution < 1.29 is 9.53 Å². The van der Waals surface area contributed by atoms with Gasteiger partial charge in [-0.25, -0.2) is 0 Å². The molecule has 0 aromatic heterocycles. The van der Waals surface area contributed by atoms with Crippen molar-refractivity contribution in [2.45, 2.75) is 12.5 Å². The molecule has 1 N–H and O–H groups in total. The van der Waals surface area contributed by atoms with Crippen molar-refractivity contribution in [3.05, 3.63) is 48.0 Å². The fourth-order valence-corrected chi connectivity index (χ4v) is 2.44. The van der Waals surface area contributed by atoms with Crippen LogP contribution < -0.4 is 5.32 Å². The molecular formula is C16H17NO2. The fourth-order valence-electron chi connectivity index (χ4n) is 2.44. The molecule has 2 aromatic carbocycles. The van der Waals surface area contributed by atoms with Crippen LogP contribution in [-0.4, -0.2) is 31.6 Å². The second-order valence-electron chi connectivity index (χ2n) is 4.89. The Morgan fingerprint density at radius 2 is 2.05 bits per heavy atom. The fraction of sp³-hybridized carbons (Fsp3) is 0.312. The highest BCUT2D eigenvalue weighted by Gasteiger charge is 2.18. The summed E-state index contributed by atoms with van der Waals surface area (Å²) in [4.78, 5) is 12.2. The van der Waals surface area contributed by atoms with Crippen molar-refractivity contribution in [1.82, 2.24) is 5.32 Å². The van der Waals surface area contributed by atoms with E-state index in [-0.39, 0.29) is 11.9 Å². The summed E-state index contributed by atoms with van der Waals surface area (Å²) < 4.78 is 5.57. The van der Waals surface area contributed by atoms with Gasteiger partial charge in [0.25, 0.3) is 0 Å². The standard InChI is InChI=1S/C16H17NO2/c18-16(10-15-11-17-7-8-19-15)14-6-5-12-3-1-2-4-13(12)9-14/h1-6,9,15,17H,7-8,10-11H2. The Morgan fingerprint density at radius 3 is 2.84 bits per heavy atom. The van der Waals surface area contributed by atoms with Gasteiger partial charge in [0.05, 0.1) is 12.7 Å². The third-order valence-electron chi connectivity index (χ3n) is 3.49. The molecule has 0 spiro atoms. The SMILES string of the molecule is O=C(CC1CNCCO1)c1ccc2ccccc2c1. The molecule has 1 aliphatic heterocycles. The summed E-state index contributed by atoms with van der Waals surface area (Å²) in [6.45, 7) is 2.33. The number of carbonyl (C=O) groups is 1. The summed E-state index contributed by atoms with van der Waals surface area (Å²) in [5.74, 6) is 0.152. The van der Waals surface area contributed by atoms with E-state index in [0.29, 0.717) is 13.0 Å². The third kappa shape index (κ3) is 2.83. The minimum Gasteiger partial charge on any atom is -0.375 e. The minimum absolute atomic E-state index is 0.00715. The van der Waals surface area contributed by atoms with Crippen LogP contribution in [0.15, 0.2) is 42.5 Å². The van der Waals surface area contributed by atoms with E-state index in [4.69, 9.17) is 4.74 Å². The molecule has 1 unspecified atom stereocenters. The zero-order chi connectivity index (χ0) is 13.1. The summed E-state index contributed by atoms with van der Waals surface area (Å²) in [6.07, 6.45) is 0.457. The molecule has 1 saturated heterocycles. The van der Waals surface area contributed by atoms with Gasteiger partial charge in [-0.05, 0) is 16.8 Å². The molecule has 0 saturated carbocycles. The molecule has 0 bridgehead atoms. The zero-order valence-electron chi connectivity index (χ0n) is 10.8. The number of benzene rings is 2. The molecule has 1 atom stereocenters. The van der Waals surface area contributed by atoms with E-state index in [1.54, 1.807) is 0 Å². The second-order valence-corrected chi connectivity index (χ2v) is 4.89. The minimum atomic E-state index is 0.00715. The van der Waals surface area contributed by atoms with Gasteiger partial charge in [0.2, 0.25) is 0 Å². The molecule has 2 aromatic rings. The lowest BCUT2D eigenvalue weighted by Crippen LogP contribution is -2.39. The largest absolute Gasteiger partial charge is 0.375 e. The molecule has 3 heteroatoms. The monoisotopic (exact) mass is 255 g/mol. The van der Waals surface area contributed by atoms with Crippen LogP contribution in [0.4, 0.5) is 0 Å². The predicted molar refractivity (Wildman–Crippen MR) is 75.5 cm³/mol. The Hall–Kier alpha value is -1.71. The van der Waals surface area contributed by atoms with E-state index in [2.05, 4.69) is 11.4 Å². The van der Waals surface area contributed by atoms with E-state index in [1.165, 1.54) is 0 Å². The highest BCUT2D eigenvalue weighted by Crippen LogP contribution is 2.17. The van der Waals surface area contributed by atoms with Crippen molar-refractivity contribution in [2.75, 3.05) is 19.7 Å². The first-order valence-electron chi connectivity index (χ1n) is 6.67. The Morgan fingerprint density at radius 1 is 1.21 bits per heavy atom. The Bertz CT molecular complexity index is 588. The molecule has 1 aliphatic rings. The van der Waals surface area contributed by atoms with Crippen LogP contribution in [0.1, 0.15) is 16.8 Å². The van der Waals surface area contributed by atoms with Gasteiger partial charge in [-0.3, -0.25) is 4.79 Å². The average Bonchev–Trinajstić information content (AvgIpc) is 2.48. The maximum absolute atomic E-state index is 12.2.